The zero-order chi connectivity index (χ0) is 14.0. The quantitative estimate of drug-likeness (QED) is 0.513. The van der Waals surface area contributed by atoms with Crippen molar-refractivity contribution in [2.75, 3.05) is 6.54 Å². The van der Waals surface area contributed by atoms with Crippen molar-refractivity contribution in [2.24, 2.45) is 5.92 Å². The molecule has 1 unspecified atom stereocenters. The van der Waals surface area contributed by atoms with Crippen molar-refractivity contribution in [1.82, 2.24) is 5.32 Å². The summed E-state index contributed by atoms with van der Waals surface area (Å²) in [6, 6.07) is 4.34. The van der Waals surface area contributed by atoms with Crippen LogP contribution in [-0.4, -0.2) is 22.8 Å². The molecular weight excluding hydrogens is 268 g/mol. The predicted octanol–water partition coefficient (Wildman–Crippen LogP) is 2.65. The van der Waals surface area contributed by atoms with Crippen LogP contribution in [0.3, 0.4) is 0 Å². The monoisotopic (exact) mass is 282 g/mol. The topological polar surface area (TPSA) is 72.2 Å². The first kappa shape index (κ1) is 13.8. The molecule has 0 spiro atoms. The van der Waals surface area contributed by atoms with Crippen molar-refractivity contribution in [2.45, 2.75) is 25.1 Å². The minimum absolute atomic E-state index is 0.0521. The Morgan fingerprint density at radius 1 is 1.53 bits per heavy atom. The lowest BCUT2D eigenvalue weighted by molar-refractivity contribution is -0.384. The first-order valence-corrected chi connectivity index (χ1v) is 6.59. The summed E-state index contributed by atoms with van der Waals surface area (Å²) in [6.07, 6.45) is 2.22. The number of rotatable bonds is 5. The SMILES string of the molecule is Cc1cc(C(=O)NCC(Cl)C2CC2)cc([N+](=O)[O-])c1. The van der Waals surface area contributed by atoms with E-state index < -0.39 is 4.92 Å². The molecule has 0 aliphatic heterocycles. The van der Waals surface area contributed by atoms with Gasteiger partial charge in [-0.2, -0.15) is 0 Å². The number of benzene rings is 1. The zero-order valence-corrected chi connectivity index (χ0v) is 11.3. The lowest BCUT2D eigenvalue weighted by atomic mass is 10.1. The molecule has 1 aliphatic carbocycles. The second-order valence-electron chi connectivity index (χ2n) is 4.88. The van der Waals surface area contributed by atoms with Gasteiger partial charge in [0.1, 0.15) is 0 Å². The summed E-state index contributed by atoms with van der Waals surface area (Å²) in [4.78, 5) is 22.2. The van der Waals surface area contributed by atoms with E-state index in [0.29, 0.717) is 23.6 Å². The molecule has 1 atom stereocenters. The summed E-state index contributed by atoms with van der Waals surface area (Å²) in [5.74, 6) is 0.173. The molecule has 1 aliphatic rings. The van der Waals surface area contributed by atoms with Gasteiger partial charge in [0.25, 0.3) is 11.6 Å². The molecule has 5 nitrogen and oxygen atoms in total. The molecule has 6 heteroatoms. The zero-order valence-electron chi connectivity index (χ0n) is 10.6. The first-order chi connectivity index (χ1) is 8.97. The number of hydrogen-bond acceptors (Lipinski definition) is 3. The third-order valence-electron chi connectivity index (χ3n) is 3.13. The Kier molecular flexibility index (Phi) is 4.04. The van der Waals surface area contributed by atoms with Crippen LogP contribution in [0.5, 0.6) is 0 Å². The van der Waals surface area contributed by atoms with Crippen molar-refractivity contribution in [3.05, 3.63) is 39.4 Å². The van der Waals surface area contributed by atoms with Gasteiger partial charge in [-0.25, -0.2) is 0 Å². The number of amides is 1. The van der Waals surface area contributed by atoms with Crippen molar-refractivity contribution < 1.29 is 9.72 Å². The van der Waals surface area contributed by atoms with Crippen LogP contribution in [0.15, 0.2) is 18.2 Å². The summed E-state index contributed by atoms with van der Waals surface area (Å²) in [5.41, 5.74) is 0.907. The van der Waals surface area contributed by atoms with E-state index in [1.165, 1.54) is 12.1 Å². The number of nitro benzene ring substituents is 1. The van der Waals surface area contributed by atoms with Crippen molar-refractivity contribution in [3.63, 3.8) is 0 Å². The third kappa shape index (κ3) is 3.67. The Balaban J connectivity index is 2.03. The lowest BCUT2D eigenvalue weighted by Crippen LogP contribution is -2.30. The van der Waals surface area contributed by atoms with E-state index >= 15 is 0 Å². The van der Waals surface area contributed by atoms with Crippen LogP contribution in [0, 0.1) is 23.0 Å². The number of halogens is 1. The van der Waals surface area contributed by atoms with Crippen LogP contribution in [-0.2, 0) is 0 Å². The van der Waals surface area contributed by atoms with Crippen LogP contribution in [0.2, 0.25) is 0 Å². The highest BCUT2D eigenvalue weighted by Crippen LogP contribution is 2.35. The van der Waals surface area contributed by atoms with E-state index in [9.17, 15) is 14.9 Å². The molecule has 1 aromatic carbocycles. The van der Waals surface area contributed by atoms with Gasteiger partial charge in [0.05, 0.1) is 10.3 Å². The van der Waals surface area contributed by atoms with E-state index in [-0.39, 0.29) is 17.0 Å². The first-order valence-electron chi connectivity index (χ1n) is 6.15. The standard InChI is InChI=1S/C13H15ClN2O3/c1-8-4-10(6-11(5-8)16(18)19)13(17)15-7-12(14)9-2-3-9/h4-6,9,12H,2-3,7H2,1H3,(H,15,17). The van der Waals surface area contributed by atoms with Gasteiger partial charge in [-0.15, -0.1) is 11.6 Å². The summed E-state index contributed by atoms with van der Waals surface area (Å²) >= 11 is 6.10. The van der Waals surface area contributed by atoms with Gasteiger partial charge in [0, 0.05) is 24.2 Å². The van der Waals surface area contributed by atoms with E-state index in [4.69, 9.17) is 11.6 Å². The largest absolute Gasteiger partial charge is 0.351 e. The molecule has 1 N–H and O–H groups in total. The molecule has 1 fully saturated rings. The highest BCUT2D eigenvalue weighted by molar-refractivity contribution is 6.21. The molecule has 2 rings (SSSR count). The van der Waals surface area contributed by atoms with Crippen LogP contribution in [0.25, 0.3) is 0 Å². The van der Waals surface area contributed by atoms with E-state index in [0.717, 1.165) is 12.8 Å². The molecule has 0 aromatic heterocycles. The Bertz CT molecular complexity index is 515. The fourth-order valence-electron chi connectivity index (χ4n) is 1.92. The van der Waals surface area contributed by atoms with Crippen LogP contribution in [0.1, 0.15) is 28.8 Å². The number of nitrogens with zero attached hydrogens (tertiary/aromatic N) is 1. The maximum atomic E-state index is 11.9. The summed E-state index contributed by atoms with van der Waals surface area (Å²) < 4.78 is 0. The summed E-state index contributed by atoms with van der Waals surface area (Å²) in [7, 11) is 0. The number of hydrogen-bond donors (Lipinski definition) is 1. The number of nitrogens with one attached hydrogen (secondary N) is 1. The van der Waals surface area contributed by atoms with Crippen LogP contribution < -0.4 is 5.32 Å². The molecule has 19 heavy (non-hydrogen) atoms. The van der Waals surface area contributed by atoms with Gasteiger partial charge in [-0.05, 0) is 37.3 Å². The van der Waals surface area contributed by atoms with E-state index in [1.54, 1.807) is 13.0 Å². The number of carbonyl (C=O) groups is 1. The van der Waals surface area contributed by atoms with E-state index in [1.807, 2.05) is 0 Å². The lowest BCUT2D eigenvalue weighted by Gasteiger charge is -2.10. The summed E-state index contributed by atoms with van der Waals surface area (Å²) in [5, 5.41) is 13.4. The molecule has 1 amide bonds. The number of nitro groups is 1. The number of alkyl halides is 1. The number of aryl methyl sites for hydroxylation is 1. The van der Waals surface area contributed by atoms with Gasteiger partial charge >= 0.3 is 0 Å². The second-order valence-corrected chi connectivity index (χ2v) is 5.44. The highest BCUT2D eigenvalue weighted by Gasteiger charge is 2.29. The minimum atomic E-state index is -0.502. The van der Waals surface area contributed by atoms with Crippen molar-refractivity contribution in [1.29, 1.82) is 0 Å². The van der Waals surface area contributed by atoms with E-state index in [2.05, 4.69) is 5.32 Å². The molecule has 0 heterocycles. The van der Waals surface area contributed by atoms with Crippen LogP contribution >= 0.6 is 11.6 Å². The maximum Gasteiger partial charge on any atom is 0.270 e. The average molecular weight is 283 g/mol. The van der Waals surface area contributed by atoms with Gasteiger partial charge < -0.3 is 5.32 Å². The van der Waals surface area contributed by atoms with Gasteiger partial charge in [0.2, 0.25) is 0 Å². The molecule has 102 valence electrons. The molecular formula is C13H15ClN2O3. The Labute approximate surface area is 116 Å². The second kappa shape index (κ2) is 5.57. The molecule has 0 saturated heterocycles. The smallest absolute Gasteiger partial charge is 0.270 e. The average Bonchev–Trinajstić information content (AvgIpc) is 3.18. The molecule has 1 aromatic rings. The Hall–Kier alpha value is -1.62. The predicted molar refractivity (Wildman–Crippen MR) is 72.5 cm³/mol. The number of carbonyl (C=O) groups excluding carboxylic acids is 1. The van der Waals surface area contributed by atoms with Gasteiger partial charge in [-0.3, -0.25) is 14.9 Å². The normalized spacial score (nSPS) is 15.9. The van der Waals surface area contributed by atoms with Gasteiger partial charge in [0.15, 0.2) is 0 Å². The molecule has 0 radical (unpaired) electrons. The fraction of sp³-hybridized carbons (Fsp3) is 0.462. The highest BCUT2D eigenvalue weighted by atomic mass is 35.5. The van der Waals surface area contributed by atoms with Crippen LogP contribution in [0.4, 0.5) is 5.69 Å². The number of non-ortho nitro benzene ring substituents is 1. The van der Waals surface area contributed by atoms with Crippen molar-refractivity contribution in [3.8, 4) is 0 Å². The Morgan fingerprint density at radius 3 is 2.79 bits per heavy atom. The third-order valence-corrected chi connectivity index (χ3v) is 3.64. The van der Waals surface area contributed by atoms with Gasteiger partial charge in [-0.1, -0.05) is 0 Å². The van der Waals surface area contributed by atoms with Crippen molar-refractivity contribution >= 4 is 23.2 Å². The minimum Gasteiger partial charge on any atom is -0.351 e. The molecule has 0 bridgehead atoms. The maximum absolute atomic E-state index is 11.9. The molecule has 1 saturated carbocycles. The fourth-order valence-corrected chi connectivity index (χ4v) is 2.25. The Morgan fingerprint density at radius 2 is 2.21 bits per heavy atom. The summed E-state index contributed by atoms with van der Waals surface area (Å²) in [6.45, 7) is 2.12.